The fourth-order valence-corrected chi connectivity index (χ4v) is 3.94. The average molecular weight is 328 g/mol. The number of hydrogen-bond donors (Lipinski definition) is 1. The Labute approximate surface area is 135 Å². The summed E-state index contributed by atoms with van der Waals surface area (Å²) < 4.78 is 24.5. The molecule has 2 aromatic carbocycles. The van der Waals surface area contributed by atoms with E-state index in [9.17, 15) is 13.2 Å². The summed E-state index contributed by atoms with van der Waals surface area (Å²) in [6, 6.07) is 17.2. The standard InChI is InChI=1S/C17H16N2O3S/c1-23(21,22)16-14(18)17(20)19(13-10-6-3-7-11-13)15(16)12-8-4-2-5-9-12/h2-11,15H,18H2,1H3/t15-/m1/s1. The van der Waals surface area contributed by atoms with Crippen molar-refractivity contribution < 1.29 is 13.2 Å². The van der Waals surface area contributed by atoms with E-state index in [-0.39, 0.29) is 10.6 Å². The third-order valence-electron chi connectivity index (χ3n) is 3.77. The van der Waals surface area contributed by atoms with E-state index in [1.165, 1.54) is 4.90 Å². The molecule has 2 N–H and O–H groups in total. The minimum Gasteiger partial charge on any atom is -0.393 e. The molecule has 118 valence electrons. The van der Waals surface area contributed by atoms with Crippen molar-refractivity contribution in [1.82, 2.24) is 0 Å². The van der Waals surface area contributed by atoms with Gasteiger partial charge in [0.15, 0.2) is 9.84 Å². The van der Waals surface area contributed by atoms with E-state index in [4.69, 9.17) is 5.73 Å². The molecule has 0 saturated carbocycles. The summed E-state index contributed by atoms with van der Waals surface area (Å²) in [4.78, 5) is 14.0. The number of amides is 1. The first-order chi connectivity index (χ1) is 10.9. The number of anilines is 1. The van der Waals surface area contributed by atoms with Crippen molar-refractivity contribution in [3.63, 3.8) is 0 Å². The lowest BCUT2D eigenvalue weighted by atomic mass is 10.1. The number of benzene rings is 2. The highest BCUT2D eigenvalue weighted by Crippen LogP contribution is 2.41. The van der Waals surface area contributed by atoms with Crippen LogP contribution in [0, 0.1) is 0 Å². The Morgan fingerprint density at radius 3 is 2.00 bits per heavy atom. The van der Waals surface area contributed by atoms with Crippen molar-refractivity contribution in [1.29, 1.82) is 0 Å². The molecule has 0 unspecified atom stereocenters. The van der Waals surface area contributed by atoms with Gasteiger partial charge in [-0.2, -0.15) is 0 Å². The zero-order valence-electron chi connectivity index (χ0n) is 12.5. The molecule has 1 aliphatic heterocycles. The molecule has 6 heteroatoms. The predicted molar refractivity (Wildman–Crippen MR) is 89.2 cm³/mol. The lowest BCUT2D eigenvalue weighted by Crippen LogP contribution is -2.31. The summed E-state index contributed by atoms with van der Waals surface area (Å²) in [5.41, 5.74) is 6.96. The highest BCUT2D eigenvalue weighted by molar-refractivity contribution is 7.94. The van der Waals surface area contributed by atoms with E-state index in [0.717, 1.165) is 6.26 Å². The maximum Gasteiger partial charge on any atom is 0.276 e. The third-order valence-corrected chi connectivity index (χ3v) is 5.01. The van der Waals surface area contributed by atoms with Crippen molar-refractivity contribution in [3.05, 3.63) is 76.8 Å². The zero-order valence-corrected chi connectivity index (χ0v) is 13.3. The molecule has 0 saturated heterocycles. The van der Waals surface area contributed by atoms with Gasteiger partial charge in [-0.3, -0.25) is 9.69 Å². The van der Waals surface area contributed by atoms with Gasteiger partial charge in [0, 0.05) is 11.9 Å². The second kappa shape index (κ2) is 5.55. The largest absolute Gasteiger partial charge is 0.393 e. The van der Waals surface area contributed by atoms with Crippen LogP contribution in [0.4, 0.5) is 5.69 Å². The normalized spacial score (nSPS) is 18.6. The van der Waals surface area contributed by atoms with E-state index < -0.39 is 21.8 Å². The van der Waals surface area contributed by atoms with Gasteiger partial charge in [-0.1, -0.05) is 48.5 Å². The fraction of sp³-hybridized carbons (Fsp3) is 0.118. The lowest BCUT2D eigenvalue weighted by Gasteiger charge is -2.26. The maximum atomic E-state index is 12.6. The first kappa shape index (κ1) is 15.3. The monoisotopic (exact) mass is 328 g/mol. The molecular formula is C17H16N2O3S. The van der Waals surface area contributed by atoms with Crippen molar-refractivity contribution in [2.45, 2.75) is 6.04 Å². The van der Waals surface area contributed by atoms with Crippen LogP contribution in [0.15, 0.2) is 71.3 Å². The van der Waals surface area contributed by atoms with Crippen LogP contribution in [-0.4, -0.2) is 20.6 Å². The van der Waals surface area contributed by atoms with Crippen LogP contribution < -0.4 is 10.6 Å². The lowest BCUT2D eigenvalue weighted by molar-refractivity contribution is -0.114. The Balaban J connectivity index is 2.24. The van der Waals surface area contributed by atoms with E-state index in [1.54, 1.807) is 48.5 Å². The molecule has 23 heavy (non-hydrogen) atoms. The molecule has 0 spiro atoms. The SMILES string of the molecule is CS(=O)(=O)C1=C(N)C(=O)N(c2ccccc2)[C@@H]1c1ccccc1. The van der Waals surface area contributed by atoms with Crippen LogP contribution in [0.2, 0.25) is 0 Å². The quantitative estimate of drug-likeness (QED) is 0.934. The van der Waals surface area contributed by atoms with Crippen LogP contribution in [0.5, 0.6) is 0 Å². The van der Waals surface area contributed by atoms with E-state index >= 15 is 0 Å². The summed E-state index contributed by atoms with van der Waals surface area (Å²) >= 11 is 0. The van der Waals surface area contributed by atoms with Crippen molar-refractivity contribution in [3.8, 4) is 0 Å². The first-order valence-corrected chi connectivity index (χ1v) is 8.93. The Kier molecular flexibility index (Phi) is 3.69. The molecular weight excluding hydrogens is 312 g/mol. The summed E-state index contributed by atoms with van der Waals surface area (Å²) in [6.07, 6.45) is 1.08. The molecule has 0 radical (unpaired) electrons. The number of nitrogens with zero attached hydrogens (tertiary/aromatic N) is 1. The van der Waals surface area contributed by atoms with Gasteiger partial charge in [-0.15, -0.1) is 0 Å². The van der Waals surface area contributed by atoms with Crippen LogP contribution in [-0.2, 0) is 14.6 Å². The van der Waals surface area contributed by atoms with Crippen LogP contribution in [0.1, 0.15) is 11.6 Å². The van der Waals surface area contributed by atoms with Crippen molar-refractivity contribution >= 4 is 21.4 Å². The van der Waals surface area contributed by atoms with Gasteiger partial charge in [-0.25, -0.2) is 8.42 Å². The predicted octanol–water partition coefficient (Wildman–Crippen LogP) is 1.99. The minimum atomic E-state index is -3.63. The van der Waals surface area contributed by atoms with E-state index in [0.29, 0.717) is 11.3 Å². The number of carbonyl (C=O) groups excluding carboxylic acids is 1. The molecule has 1 heterocycles. The summed E-state index contributed by atoms with van der Waals surface area (Å²) in [6.45, 7) is 0. The Morgan fingerprint density at radius 2 is 1.48 bits per heavy atom. The number of rotatable bonds is 3. The number of nitrogens with two attached hydrogens (primary N) is 1. The van der Waals surface area contributed by atoms with E-state index in [2.05, 4.69) is 0 Å². The van der Waals surface area contributed by atoms with Crippen LogP contribution >= 0.6 is 0 Å². The molecule has 0 fully saturated rings. The number of para-hydroxylation sites is 1. The fourth-order valence-electron chi connectivity index (χ4n) is 2.81. The van der Waals surface area contributed by atoms with Crippen LogP contribution in [0.3, 0.4) is 0 Å². The molecule has 3 rings (SSSR count). The average Bonchev–Trinajstić information content (AvgIpc) is 2.81. The second-order valence-electron chi connectivity index (χ2n) is 5.37. The number of sulfone groups is 1. The Morgan fingerprint density at radius 1 is 0.957 bits per heavy atom. The highest BCUT2D eigenvalue weighted by atomic mass is 32.2. The van der Waals surface area contributed by atoms with Crippen molar-refractivity contribution in [2.75, 3.05) is 11.2 Å². The summed E-state index contributed by atoms with van der Waals surface area (Å²) in [5, 5.41) is 0. The maximum absolute atomic E-state index is 12.6. The van der Waals surface area contributed by atoms with Crippen molar-refractivity contribution in [2.24, 2.45) is 5.73 Å². The molecule has 1 amide bonds. The molecule has 2 aromatic rings. The van der Waals surface area contributed by atoms with Gasteiger partial charge in [-0.05, 0) is 17.7 Å². The zero-order chi connectivity index (χ0) is 16.6. The molecule has 0 bridgehead atoms. The van der Waals surface area contributed by atoms with Crippen LogP contribution in [0.25, 0.3) is 0 Å². The van der Waals surface area contributed by atoms with Gasteiger partial charge in [0.25, 0.3) is 5.91 Å². The van der Waals surface area contributed by atoms with Gasteiger partial charge in [0.2, 0.25) is 0 Å². The molecule has 0 aliphatic carbocycles. The molecule has 1 atom stereocenters. The molecule has 1 aliphatic rings. The van der Waals surface area contributed by atoms with Gasteiger partial charge in [0.1, 0.15) is 16.6 Å². The second-order valence-corrected chi connectivity index (χ2v) is 7.36. The smallest absolute Gasteiger partial charge is 0.276 e. The number of carbonyl (C=O) groups is 1. The first-order valence-electron chi connectivity index (χ1n) is 7.04. The Hall–Kier alpha value is -2.60. The van der Waals surface area contributed by atoms with Gasteiger partial charge < -0.3 is 5.73 Å². The highest BCUT2D eigenvalue weighted by Gasteiger charge is 2.44. The summed E-state index contributed by atoms with van der Waals surface area (Å²) in [7, 11) is -3.63. The van der Waals surface area contributed by atoms with Gasteiger partial charge in [0.05, 0.1) is 0 Å². The molecule has 0 aromatic heterocycles. The van der Waals surface area contributed by atoms with Gasteiger partial charge >= 0.3 is 0 Å². The Bertz CT molecular complexity index is 875. The summed E-state index contributed by atoms with van der Waals surface area (Å²) in [5.74, 6) is -0.495. The number of hydrogen-bond acceptors (Lipinski definition) is 4. The topological polar surface area (TPSA) is 80.5 Å². The van der Waals surface area contributed by atoms with E-state index in [1.807, 2.05) is 12.1 Å². The third kappa shape index (κ3) is 2.61. The molecule has 5 nitrogen and oxygen atoms in total. The minimum absolute atomic E-state index is 0.0439.